The summed E-state index contributed by atoms with van der Waals surface area (Å²) in [5, 5.41) is 3.64. The third kappa shape index (κ3) is 6.75. The lowest BCUT2D eigenvalue weighted by Gasteiger charge is -2.34. The first-order valence-electron chi connectivity index (χ1n) is 7.89. The van der Waals surface area contributed by atoms with Crippen molar-refractivity contribution < 1.29 is 4.74 Å². The average Bonchev–Trinajstić information content (AvgIpc) is 2.32. The molecule has 0 bridgehead atoms. The lowest BCUT2D eigenvalue weighted by Crippen LogP contribution is -2.44. The minimum Gasteiger partial charge on any atom is -0.378 e. The molecule has 2 heteroatoms. The van der Waals surface area contributed by atoms with Crippen molar-refractivity contribution in [3.8, 4) is 0 Å². The molecule has 1 N–H and O–H groups in total. The topological polar surface area (TPSA) is 21.3 Å². The summed E-state index contributed by atoms with van der Waals surface area (Å²) in [5.41, 5.74) is 0.226. The predicted molar refractivity (Wildman–Crippen MR) is 79.0 cm³/mol. The fraction of sp³-hybridized carbons (Fsp3) is 1.00. The summed E-state index contributed by atoms with van der Waals surface area (Å²) in [6.07, 6.45) is 9.74. The highest BCUT2D eigenvalue weighted by atomic mass is 16.5. The van der Waals surface area contributed by atoms with Crippen LogP contribution in [-0.4, -0.2) is 24.8 Å². The van der Waals surface area contributed by atoms with Gasteiger partial charge in [-0.3, -0.25) is 0 Å². The molecule has 18 heavy (non-hydrogen) atoms. The third-order valence-corrected chi connectivity index (χ3v) is 3.81. The Hall–Kier alpha value is -0.0800. The predicted octanol–water partition coefficient (Wildman–Crippen LogP) is 4.14. The molecule has 0 saturated carbocycles. The highest BCUT2D eigenvalue weighted by Crippen LogP contribution is 2.25. The van der Waals surface area contributed by atoms with Crippen LogP contribution >= 0.6 is 0 Å². The van der Waals surface area contributed by atoms with E-state index in [1.165, 1.54) is 44.9 Å². The first-order valence-corrected chi connectivity index (χ1v) is 7.89. The number of hydrogen-bond donors (Lipinski definition) is 1. The fourth-order valence-electron chi connectivity index (χ4n) is 2.66. The maximum Gasteiger partial charge on any atom is 0.0615 e. The maximum absolute atomic E-state index is 6.00. The van der Waals surface area contributed by atoms with Gasteiger partial charge < -0.3 is 10.1 Å². The van der Waals surface area contributed by atoms with Gasteiger partial charge in [0.2, 0.25) is 0 Å². The Balaban J connectivity index is 2.28. The number of ether oxygens (including phenoxy) is 1. The minimum absolute atomic E-state index is 0.226. The van der Waals surface area contributed by atoms with Crippen LogP contribution in [0.3, 0.4) is 0 Å². The molecule has 2 unspecified atom stereocenters. The van der Waals surface area contributed by atoms with Crippen molar-refractivity contribution in [2.75, 3.05) is 13.2 Å². The van der Waals surface area contributed by atoms with Gasteiger partial charge in [0, 0.05) is 18.7 Å². The zero-order valence-corrected chi connectivity index (χ0v) is 12.9. The Bertz CT molecular complexity index is 210. The average molecular weight is 255 g/mol. The highest BCUT2D eigenvalue weighted by molar-refractivity contribution is 4.80. The van der Waals surface area contributed by atoms with Gasteiger partial charge in [0.05, 0.1) is 6.10 Å². The quantitative estimate of drug-likeness (QED) is 0.690. The zero-order valence-electron chi connectivity index (χ0n) is 12.9. The molecule has 1 aliphatic rings. The van der Waals surface area contributed by atoms with E-state index in [9.17, 15) is 0 Å². The Morgan fingerprint density at radius 1 is 1.17 bits per heavy atom. The van der Waals surface area contributed by atoms with E-state index in [2.05, 4.69) is 33.0 Å². The van der Waals surface area contributed by atoms with Crippen LogP contribution < -0.4 is 5.32 Å². The van der Waals surface area contributed by atoms with Crippen LogP contribution in [-0.2, 0) is 4.74 Å². The summed E-state index contributed by atoms with van der Waals surface area (Å²) >= 11 is 0. The highest BCUT2D eigenvalue weighted by Gasteiger charge is 2.26. The molecular formula is C16H33NO. The third-order valence-electron chi connectivity index (χ3n) is 3.81. The Morgan fingerprint density at radius 3 is 2.61 bits per heavy atom. The second-order valence-corrected chi connectivity index (χ2v) is 6.79. The molecule has 0 radical (unpaired) electrons. The van der Waals surface area contributed by atoms with Gasteiger partial charge in [-0.05, 0) is 46.0 Å². The summed E-state index contributed by atoms with van der Waals surface area (Å²) in [7, 11) is 0. The molecule has 2 nitrogen and oxygen atoms in total. The van der Waals surface area contributed by atoms with E-state index in [0.29, 0.717) is 6.10 Å². The van der Waals surface area contributed by atoms with E-state index >= 15 is 0 Å². The van der Waals surface area contributed by atoms with Gasteiger partial charge in [-0.1, -0.05) is 32.6 Å². The van der Waals surface area contributed by atoms with Crippen LogP contribution in [0.25, 0.3) is 0 Å². The summed E-state index contributed by atoms with van der Waals surface area (Å²) in [6.45, 7) is 11.1. The van der Waals surface area contributed by atoms with Gasteiger partial charge in [0.25, 0.3) is 0 Å². The van der Waals surface area contributed by atoms with E-state index in [1.54, 1.807) is 0 Å². The fourth-order valence-corrected chi connectivity index (χ4v) is 2.66. The molecular weight excluding hydrogens is 222 g/mol. The van der Waals surface area contributed by atoms with Crippen LogP contribution in [0.5, 0.6) is 0 Å². The number of nitrogens with one attached hydrogen (secondary N) is 1. The molecule has 0 aromatic rings. The number of hydrogen-bond acceptors (Lipinski definition) is 2. The SMILES string of the molecule is CCCCCCC1OCCCC1CNC(C)(C)C. The monoisotopic (exact) mass is 255 g/mol. The van der Waals surface area contributed by atoms with Gasteiger partial charge in [-0.2, -0.15) is 0 Å². The van der Waals surface area contributed by atoms with Crippen molar-refractivity contribution in [2.45, 2.75) is 84.3 Å². The summed E-state index contributed by atoms with van der Waals surface area (Å²) in [6, 6.07) is 0. The van der Waals surface area contributed by atoms with Gasteiger partial charge in [0.15, 0.2) is 0 Å². The van der Waals surface area contributed by atoms with E-state index in [-0.39, 0.29) is 5.54 Å². The molecule has 0 aromatic heterocycles. The Labute approximate surface area is 114 Å². The van der Waals surface area contributed by atoms with Crippen molar-refractivity contribution in [3.05, 3.63) is 0 Å². The first kappa shape index (κ1) is 16.0. The van der Waals surface area contributed by atoms with Crippen molar-refractivity contribution in [1.29, 1.82) is 0 Å². The largest absolute Gasteiger partial charge is 0.378 e. The molecule has 108 valence electrons. The van der Waals surface area contributed by atoms with Gasteiger partial charge in [-0.15, -0.1) is 0 Å². The first-order chi connectivity index (χ1) is 8.53. The van der Waals surface area contributed by atoms with Crippen LogP contribution in [0.2, 0.25) is 0 Å². The molecule has 2 atom stereocenters. The van der Waals surface area contributed by atoms with E-state index in [4.69, 9.17) is 4.74 Å². The van der Waals surface area contributed by atoms with Crippen LogP contribution in [0.1, 0.15) is 72.6 Å². The van der Waals surface area contributed by atoms with Gasteiger partial charge in [0.1, 0.15) is 0 Å². The zero-order chi connectivity index (χ0) is 13.4. The van der Waals surface area contributed by atoms with Crippen LogP contribution in [0.4, 0.5) is 0 Å². The molecule has 0 spiro atoms. The van der Waals surface area contributed by atoms with Crippen molar-refractivity contribution in [1.82, 2.24) is 5.32 Å². The lowest BCUT2D eigenvalue weighted by molar-refractivity contribution is -0.0327. The molecule has 0 aromatic carbocycles. The summed E-state index contributed by atoms with van der Waals surface area (Å²) < 4.78 is 6.00. The molecule has 1 saturated heterocycles. The van der Waals surface area contributed by atoms with E-state index < -0.39 is 0 Å². The van der Waals surface area contributed by atoms with E-state index in [0.717, 1.165) is 19.1 Å². The molecule has 0 amide bonds. The van der Waals surface area contributed by atoms with Crippen molar-refractivity contribution in [3.63, 3.8) is 0 Å². The lowest BCUT2D eigenvalue weighted by atomic mass is 9.90. The normalized spacial score (nSPS) is 25.3. The van der Waals surface area contributed by atoms with Crippen LogP contribution in [0.15, 0.2) is 0 Å². The van der Waals surface area contributed by atoms with Gasteiger partial charge >= 0.3 is 0 Å². The summed E-state index contributed by atoms with van der Waals surface area (Å²) in [5.74, 6) is 0.722. The summed E-state index contributed by atoms with van der Waals surface area (Å²) in [4.78, 5) is 0. The minimum atomic E-state index is 0.226. The standard InChI is InChI=1S/C16H33NO/c1-5-6-7-8-11-15-14(10-9-12-18-15)13-17-16(2,3)4/h14-15,17H,5-13H2,1-4H3. The molecule has 1 fully saturated rings. The molecule has 1 rings (SSSR count). The van der Waals surface area contributed by atoms with E-state index in [1.807, 2.05) is 0 Å². The smallest absolute Gasteiger partial charge is 0.0615 e. The van der Waals surface area contributed by atoms with Crippen molar-refractivity contribution >= 4 is 0 Å². The number of unbranched alkanes of at least 4 members (excludes halogenated alkanes) is 3. The van der Waals surface area contributed by atoms with Crippen molar-refractivity contribution in [2.24, 2.45) is 5.92 Å². The van der Waals surface area contributed by atoms with Crippen LogP contribution in [0, 0.1) is 5.92 Å². The Morgan fingerprint density at radius 2 is 1.94 bits per heavy atom. The number of rotatable bonds is 7. The second-order valence-electron chi connectivity index (χ2n) is 6.79. The molecule has 0 aliphatic carbocycles. The second kappa shape index (κ2) is 8.16. The van der Waals surface area contributed by atoms with Gasteiger partial charge in [-0.25, -0.2) is 0 Å². The maximum atomic E-state index is 6.00. The Kier molecular flexibility index (Phi) is 7.25. The molecule has 1 aliphatic heterocycles. The molecule has 1 heterocycles.